The first-order valence-electron chi connectivity index (χ1n) is 4.98. The van der Waals surface area contributed by atoms with Gasteiger partial charge in [-0.3, -0.25) is 0 Å². The van der Waals surface area contributed by atoms with Gasteiger partial charge in [-0.05, 0) is 56.3 Å². The van der Waals surface area contributed by atoms with Crippen molar-refractivity contribution in [3.8, 4) is 0 Å². The zero-order valence-corrected chi connectivity index (χ0v) is 7.82. The van der Waals surface area contributed by atoms with Crippen LogP contribution in [0.15, 0.2) is 0 Å². The molecule has 0 aliphatic heterocycles. The van der Waals surface area contributed by atoms with Gasteiger partial charge in [0.15, 0.2) is 0 Å². The molecule has 3 aliphatic rings. The molecule has 0 amide bonds. The lowest BCUT2D eigenvalue weighted by molar-refractivity contribution is 0.204. The van der Waals surface area contributed by atoms with E-state index in [0.29, 0.717) is 4.75 Å². The summed E-state index contributed by atoms with van der Waals surface area (Å²) < 4.78 is 0.487. The molecule has 3 saturated carbocycles. The zero-order chi connectivity index (χ0) is 7.47. The maximum atomic E-state index is 4.85. The molecular weight excluding hydrogens is 152 g/mol. The van der Waals surface area contributed by atoms with E-state index in [0.717, 1.165) is 17.8 Å². The average molecular weight is 168 g/mol. The molecule has 1 heteroatoms. The van der Waals surface area contributed by atoms with Gasteiger partial charge < -0.3 is 0 Å². The predicted octanol–water partition coefficient (Wildman–Crippen LogP) is 2.89. The van der Waals surface area contributed by atoms with Crippen molar-refractivity contribution in [2.75, 3.05) is 0 Å². The highest BCUT2D eigenvalue weighted by molar-refractivity contribution is 7.81. The van der Waals surface area contributed by atoms with Gasteiger partial charge in [-0.1, -0.05) is 0 Å². The minimum absolute atomic E-state index is 0.487. The van der Waals surface area contributed by atoms with Gasteiger partial charge in [-0.15, -0.1) is 0 Å². The minimum Gasteiger partial charge on any atom is -0.172 e. The third kappa shape index (κ3) is 0.898. The van der Waals surface area contributed by atoms with E-state index in [4.69, 9.17) is 12.6 Å². The second-order valence-corrected chi connectivity index (χ2v) is 5.98. The summed E-state index contributed by atoms with van der Waals surface area (Å²) in [5, 5.41) is 0. The number of hydrogen-bond acceptors (Lipinski definition) is 1. The van der Waals surface area contributed by atoms with E-state index in [-0.39, 0.29) is 0 Å². The molecule has 4 unspecified atom stereocenters. The van der Waals surface area contributed by atoms with Crippen molar-refractivity contribution in [1.82, 2.24) is 0 Å². The maximum absolute atomic E-state index is 4.85. The van der Waals surface area contributed by atoms with E-state index in [1.165, 1.54) is 25.7 Å². The molecule has 0 aromatic rings. The van der Waals surface area contributed by atoms with Crippen LogP contribution in [0.1, 0.15) is 38.5 Å². The highest BCUT2D eigenvalue weighted by atomic mass is 32.1. The van der Waals surface area contributed by atoms with Crippen molar-refractivity contribution in [2.45, 2.75) is 43.3 Å². The molecule has 3 bridgehead atoms. The monoisotopic (exact) mass is 168 g/mol. The standard InChI is InChI=1S/C10H16S/c11-10-2-1-8-3-7(5-10)4-9(8)6-10/h7-9,11H,1-6H2. The van der Waals surface area contributed by atoms with Gasteiger partial charge in [-0.2, -0.15) is 12.6 Å². The highest BCUT2D eigenvalue weighted by Crippen LogP contribution is 2.58. The first-order valence-corrected chi connectivity index (χ1v) is 5.42. The van der Waals surface area contributed by atoms with E-state index in [2.05, 4.69) is 0 Å². The summed E-state index contributed by atoms with van der Waals surface area (Å²) in [6.07, 6.45) is 8.87. The number of thiol groups is 1. The van der Waals surface area contributed by atoms with Crippen molar-refractivity contribution < 1.29 is 0 Å². The Morgan fingerprint density at radius 2 is 1.91 bits per heavy atom. The van der Waals surface area contributed by atoms with Crippen LogP contribution in [0.25, 0.3) is 0 Å². The fourth-order valence-electron chi connectivity index (χ4n) is 3.87. The smallest absolute Gasteiger partial charge is 0.0135 e. The molecule has 11 heavy (non-hydrogen) atoms. The molecule has 0 spiro atoms. The van der Waals surface area contributed by atoms with Gasteiger partial charge >= 0.3 is 0 Å². The average Bonchev–Trinajstić information content (AvgIpc) is 2.15. The molecule has 0 nitrogen and oxygen atoms in total. The summed E-state index contributed by atoms with van der Waals surface area (Å²) in [6, 6.07) is 0. The molecule has 3 fully saturated rings. The molecule has 4 atom stereocenters. The number of hydrogen-bond donors (Lipinski definition) is 1. The van der Waals surface area contributed by atoms with Crippen LogP contribution in [-0.2, 0) is 0 Å². The largest absolute Gasteiger partial charge is 0.172 e. The first-order chi connectivity index (χ1) is 5.25. The predicted molar refractivity (Wildman–Crippen MR) is 49.9 cm³/mol. The van der Waals surface area contributed by atoms with Crippen LogP contribution in [0.2, 0.25) is 0 Å². The van der Waals surface area contributed by atoms with Crippen LogP contribution in [0.4, 0.5) is 0 Å². The summed E-state index contributed by atoms with van der Waals surface area (Å²) in [5.74, 6) is 3.27. The summed E-state index contributed by atoms with van der Waals surface area (Å²) in [6.45, 7) is 0. The fourth-order valence-corrected chi connectivity index (χ4v) is 4.50. The Balaban J connectivity index is 1.97. The van der Waals surface area contributed by atoms with Crippen LogP contribution in [0.3, 0.4) is 0 Å². The molecule has 0 N–H and O–H groups in total. The third-order valence-corrected chi connectivity index (χ3v) is 4.82. The van der Waals surface area contributed by atoms with Crippen LogP contribution >= 0.6 is 12.6 Å². The van der Waals surface area contributed by atoms with E-state index < -0.39 is 0 Å². The SMILES string of the molecule is SC12CCC3CC(CC3C1)C2. The molecule has 3 rings (SSSR count). The van der Waals surface area contributed by atoms with Crippen LogP contribution in [0, 0.1) is 17.8 Å². The van der Waals surface area contributed by atoms with E-state index in [1.54, 1.807) is 12.8 Å². The first kappa shape index (κ1) is 6.82. The summed E-state index contributed by atoms with van der Waals surface area (Å²) >= 11 is 4.85. The lowest BCUT2D eigenvalue weighted by Crippen LogP contribution is -2.35. The molecule has 0 aromatic carbocycles. The molecule has 0 saturated heterocycles. The zero-order valence-electron chi connectivity index (χ0n) is 6.92. The number of rotatable bonds is 0. The maximum Gasteiger partial charge on any atom is 0.0135 e. The molecule has 3 aliphatic carbocycles. The van der Waals surface area contributed by atoms with Gasteiger partial charge in [0, 0.05) is 4.75 Å². The number of fused-ring (bicyclic) bond motifs is 2. The molecule has 0 radical (unpaired) electrons. The van der Waals surface area contributed by atoms with Gasteiger partial charge in [-0.25, -0.2) is 0 Å². The van der Waals surface area contributed by atoms with Crippen LogP contribution in [0.5, 0.6) is 0 Å². The van der Waals surface area contributed by atoms with Crippen molar-refractivity contribution in [3.05, 3.63) is 0 Å². The van der Waals surface area contributed by atoms with Crippen LogP contribution in [-0.4, -0.2) is 4.75 Å². The fraction of sp³-hybridized carbons (Fsp3) is 1.00. The summed E-state index contributed by atoms with van der Waals surface area (Å²) in [7, 11) is 0. The Morgan fingerprint density at radius 1 is 1.09 bits per heavy atom. The van der Waals surface area contributed by atoms with Gasteiger partial charge in [0.25, 0.3) is 0 Å². The lowest BCUT2D eigenvalue weighted by atomic mass is 9.71. The summed E-state index contributed by atoms with van der Waals surface area (Å²) in [4.78, 5) is 0. The Labute approximate surface area is 74.2 Å². The minimum atomic E-state index is 0.487. The van der Waals surface area contributed by atoms with E-state index in [9.17, 15) is 0 Å². The summed E-state index contributed by atoms with van der Waals surface area (Å²) in [5.41, 5.74) is 0. The van der Waals surface area contributed by atoms with Crippen molar-refractivity contribution >= 4 is 12.6 Å². The highest BCUT2D eigenvalue weighted by Gasteiger charge is 2.49. The van der Waals surface area contributed by atoms with E-state index >= 15 is 0 Å². The van der Waals surface area contributed by atoms with Crippen molar-refractivity contribution in [3.63, 3.8) is 0 Å². The quantitative estimate of drug-likeness (QED) is 0.528. The molecule has 0 heterocycles. The lowest BCUT2D eigenvalue weighted by Gasteiger charge is -2.41. The van der Waals surface area contributed by atoms with Crippen LogP contribution < -0.4 is 0 Å². The third-order valence-electron chi connectivity index (χ3n) is 4.23. The normalized spacial score (nSPS) is 60.3. The Kier molecular flexibility index (Phi) is 1.23. The van der Waals surface area contributed by atoms with E-state index in [1.807, 2.05) is 0 Å². The molecule has 0 aromatic heterocycles. The van der Waals surface area contributed by atoms with Gasteiger partial charge in [0.1, 0.15) is 0 Å². The molecule has 62 valence electrons. The Bertz CT molecular complexity index is 185. The topological polar surface area (TPSA) is 0 Å². The second-order valence-electron chi connectivity index (χ2n) is 5.03. The van der Waals surface area contributed by atoms with Gasteiger partial charge in [0.2, 0.25) is 0 Å². The second kappa shape index (κ2) is 1.99. The Morgan fingerprint density at radius 3 is 2.82 bits per heavy atom. The Hall–Kier alpha value is 0.350. The van der Waals surface area contributed by atoms with Crippen molar-refractivity contribution in [1.29, 1.82) is 0 Å². The molecular formula is C10H16S. The van der Waals surface area contributed by atoms with Crippen molar-refractivity contribution in [2.24, 2.45) is 17.8 Å². The van der Waals surface area contributed by atoms with Gasteiger partial charge in [0.05, 0.1) is 0 Å².